The van der Waals surface area contributed by atoms with Gasteiger partial charge in [-0.25, -0.2) is 18.3 Å². The molecule has 0 unspecified atom stereocenters. The van der Waals surface area contributed by atoms with Gasteiger partial charge >= 0.3 is 5.97 Å². The number of carbonyl (C=O) groups is 2. The van der Waals surface area contributed by atoms with Gasteiger partial charge in [0.05, 0.1) is 18.7 Å². The number of hydrogen-bond donors (Lipinski definition) is 2. The molecule has 0 saturated carbocycles. The largest absolute Gasteiger partial charge is 0.481 e. The number of aryl methyl sites for hydroxylation is 1. The zero-order valence-electron chi connectivity index (χ0n) is 20.6. The molecule has 1 atom stereocenters. The highest BCUT2D eigenvalue weighted by Crippen LogP contribution is 2.36. The predicted octanol–water partition coefficient (Wildman–Crippen LogP) is 4.34. The molecule has 2 aromatic carbocycles. The highest BCUT2D eigenvalue weighted by atomic mass is 19.1. The summed E-state index contributed by atoms with van der Waals surface area (Å²) in [6, 6.07) is 12.3. The van der Waals surface area contributed by atoms with Crippen LogP contribution in [0.15, 0.2) is 60.9 Å². The van der Waals surface area contributed by atoms with Crippen LogP contribution in [0, 0.1) is 11.6 Å². The fourth-order valence-electron chi connectivity index (χ4n) is 4.90. The zero-order chi connectivity index (χ0) is 26.6. The molecular formula is C28H27F2N5O3. The van der Waals surface area contributed by atoms with E-state index < -0.39 is 17.6 Å². The normalized spacial score (nSPS) is 15.2. The molecule has 3 heterocycles. The average molecular weight is 520 g/mol. The molecule has 0 spiro atoms. The van der Waals surface area contributed by atoms with Crippen molar-refractivity contribution in [3.63, 3.8) is 0 Å². The second kappa shape index (κ2) is 11.0. The molecule has 2 aromatic heterocycles. The second-order valence-electron chi connectivity index (χ2n) is 9.38. The molecule has 1 fully saturated rings. The Labute approximate surface area is 217 Å². The number of carboxylic acids is 1. The van der Waals surface area contributed by atoms with Gasteiger partial charge in [-0.15, -0.1) is 0 Å². The van der Waals surface area contributed by atoms with Crippen LogP contribution in [0.2, 0.25) is 0 Å². The van der Waals surface area contributed by atoms with Crippen LogP contribution < -0.4 is 10.2 Å². The Kier molecular flexibility index (Phi) is 7.30. The minimum Gasteiger partial charge on any atom is -0.481 e. The number of carboxylic acid groups (broad SMARTS) is 1. The van der Waals surface area contributed by atoms with Crippen LogP contribution in [0.1, 0.15) is 52.4 Å². The van der Waals surface area contributed by atoms with E-state index in [9.17, 15) is 18.4 Å². The first-order valence-corrected chi connectivity index (χ1v) is 12.5. The van der Waals surface area contributed by atoms with E-state index in [1.807, 2.05) is 17.0 Å². The first-order chi connectivity index (χ1) is 18.4. The predicted molar refractivity (Wildman–Crippen MR) is 137 cm³/mol. The number of aliphatic carboxylic acids is 1. The number of fused-ring (bicyclic) bond motifs is 1. The molecule has 1 aliphatic rings. The van der Waals surface area contributed by atoms with Crippen LogP contribution in [-0.4, -0.2) is 44.7 Å². The molecule has 1 aliphatic heterocycles. The fraction of sp³-hybridized carbons (Fsp3) is 0.286. The lowest BCUT2D eigenvalue weighted by atomic mass is 10.0. The highest BCUT2D eigenvalue weighted by Gasteiger charge is 2.30. The van der Waals surface area contributed by atoms with Crippen LogP contribution in [0.3, 0.4) is 0 Å². The summed E-state index contributed by atoms with van der Waals surface area (Å²) in [7, 11) is 0. The van der Waals surface area contributed by atoms with Crippen molar-refractivity contribution in [2.75, 3.05) is 18.0 Å². The van der Waals surface area contributed by atoms with E-state index in [4.69, 9.17) is 5.11 Å². The maximum atomic E-state index is 14.5. The van der Waals surface area contributed by atoms with Crippen molar-refractivity contribution in [1.82, 2.24) is 19.9 Å². The molecule has 8 nitrogen and oxygen atoms in total. The molecule has 0 aliphatic carbocycles. The Morgan fingerprint density at radius 1 is 1.08 bits per heavy atom. The average Bonchev–Trinajstić information content (AvgIpc) is 3.55. The zero-order valence-corrected chi connectivity index (χ0v) is 20.6. The molecule has 0 bridgehead atoms. The third kappa shape index (κ3) is 5.49. The minimum atomic E-state index is -0.865. The van der Waals surface area contributed by atoms with Crippen molar-refractivity contribution >= 4 is 23.3 Å². The smallest absolute Gasteiger partial charge is 0.307 e. The topological polar surface area (TPSA) is 99.8 Å². The van der Waals surface area contributed by atoms with Gasteiger partial charge in [-0.1, -0.05) is 24.3 Å². The molecule has 4 aromatic rings. The van der Waals surface area contributed by atoms with Crippen LogP contribution >= 0.6 is 0 Å². The Bertz CT molecular complexity index is 1470. The van der Waals surface area contributed by atoms with E-state index in [1.54, 1.807) is 24.4 Å². The number of nitrogens with zero attached hydrogens (tertiary/aromatic N) is 4. The quantitative estimate of drug-likeness (QED) is 0.319. The first-order valence-electron chi connectivity index (χ1n) is 12.5. The van der Waals surface area contributed by atoms with Gasteiger partial charge in [-0.2, -0.15) is 5.10 Å². The van der Waals surface area contributed by atoms with Gasteiger partial charge in [0, 0.05) is 24.8 Å². The van der Waals surface area contributed by atoms with Gasteiger partial charge in [-0.05, 0) is 61.1 Å². The lowest BCUT2D eigenvalue weighted by Crippen LogP contribution is -2.26. The summed E-state index contributed by atoms with van der Waals surface area (Å²) in [5.74, 6) is -1.53. The molecule has 2 N–H and O–H groups in total. The molecule has 38 heavy (non-hydrogen) atoms. The Morgan fingerprint density at radius 3 is 2.66 bits per heavy atom. The van der Waals surface area contributed by atoms with Crippen molar-refractivity contribution in [3.8, 4) is 0 Å². The van der Waals surface area contributed by atoms with Gasteiger partial charge in [0.25, 0.3) is 5.91 Å². The number of aromatic nitrogens is 3. The fourth-order valence-corrected chi connectivity index (χ4v) is 4.90. The molecule has 1 saturated heterocycles. The van der Waals surface area contributed by atoms with Crippen LogP contribution in [0.4, 0.5) is 14.6 Å². The third-order valence-corrected chi connectivity index (χ3v) is 6.77. The molecule has 5 rings (SSSR count). The number of rotatable bonds is 9. The summed E-state index contributed by atoms with van der Waals surface area (Å²) in [4.78, 5) is 30.3. The van der Waals surface area contributed by atoms with Gasteiger partial charge in [0.15, 0.2) is 5.65 Å². The van der Waals surface area contributed by atoms with E-state index in [-0.39, 0.29) is 18.4 Å². The Balaban J connectivity index is 1.24. The van der Waals surface area contributed by atoms with Gasteiger partial charge in [0.2, 0.25) is 0 Å². The summed E-state index contributed by atoms with van der Waals surface area (Å²) in [5, 5.41) is 16.0. The van der Waals surface area contributed by atoms with Gasteiger partial charge in [-0.3, -0.25) is 9.59 Å². The summed E-state index contributed by atoms with van der Waals surface area (Å²) in [6.07, 6.45) is 6.08. The Hall–Kier alpha value is -4.34. The van der Waals surface area contributed by atoms with E-state index in [2.05, 4.69) is 15.4 Å². The van der Waals surface area contributed by atoms with E-state index in [0.29, 0.717) is 48.5 Å². The van der Waals surface area contributed by atoms with E-state index in [0.717, 1.165) is 36.1 Å². The standard InChI is InChI=1S/C28H27F2N5O3/c29-20-9-10-23(30)21(16-20)24-4-2-13-34(24)25-11-14-35-27(33-25)22(17-32-35)28(38)31-12-1-3-18-5-7-19(8-6-18)15-26(36)37/h5-11,14,16-17,24H,1-4,12-13,15H2,(H,31,38)(H,36,37)/t24-/m1/s1. The number of benzene rings is 2. The molecular weight excluding hydrogens is 492 g/mol. The van der Waals surface area contributed by atoms with Crippen molar-refractivity contribution in [3.05, 3.63) is 94.8 Å². The summed E-state index contributed by atoms with van der Waals surface area (Å²) in [6.45, 7) is 1.08. The third-order valence-electron chi connectivity index (χ3n) is 6.77. The Morgan fingerprint density at radius 2 is 1.87 bits per heavy atom. The maximum Gasteiger partial charge on any atom is 0.307 e. The monoisotopic (exact) mass is 519 g/mol. The highest BCUT2D eigenvalue weighted by molar-refractivity contribution is 5.99. The molecule has 196 valence electrons. The van der Waals surface area contributed by atoms with Crippen LogP contribution in [0.25, 0.3) is 5.65 Å². The first kappa shape index (κ1) is 25.3. The number of halogens is 2. The van der Waals surface area contributed by atoms with E-state index in [1.165, 1.54) is 16.8 Å². The summed E-state index contributed by atoms with van der Waals surface area (Å²) < 4.78 is 29.9. The van der Waals surface area contributed by atoms with Crippen LogP contribution in [-0.2, 0) is 17.6 Å². The van der Waals surface area contributed by atoms with E-state index >= 15 is 0 Å². The lowest BCUT2D eigenvalue weighted by molar-refractivity contribution is -0.136. The summed E-state index contributed by atoms with van der Waals surface area (Å²) in [5.41, 5.74) is 2.82. The number of carbonyl (C=O) groups excluding carboxylic acids is 1. The van der Waals surface area contributed by atoms with Crippen molar-refractivity contribution < 1.29 is 23.5 Å². The molecule has 0 radical (unpaired) electrons. The van der Waals surface area contributed by atoms with Gasteiger partial charge in [0.1, 0.15) is 23.0 Å². The SMILES string of the molecule is O=C(O)Cc1ccc(CCCNC(=O)c2cnn3ccc(N4CCC[C@@H]4c4cc(F)ccc4F)nc23)cc1. The summed E-state index contributed by atoms with van der Waals surface area (Å²) >= 11 is 0. The minimum absolute atomic E-state index is 0.00809. The maximum absolute atomic E-state index is 14.5. The molecule has 1 amide bonds. The number of anilines is 1. The van der Waals surface area contributed by atoms with Crippen molar-refractivity contribution in [2.45, 2.75) is 38.1 Å². The van der Waals surface area contributed by atoms with Gasteiger partial charge < -0.3 is 15.3 Å². The van der Waals surface area contributed by atoms with Crippen molar-refractivity contribution in [1.29, 1.82) is 0 Å². The second-order valence-corrected chi connectivity index (χ2v) is 9.38. The lowest BCUT2D eigenvalue weighted by Gasteiger charge is -2.26. The van der Waals surface area contributed by atoms with Crippen LogP contribution in [0.5, 0.6) is 0 Å². The van der Waals surface area contributed by atoms with Crippen molar-refractivity contribution in [2.24, 2.45) is 0 Å². The number of amides is 1. The number of nitrogens with one attached hydrogen (secondary N) is 1. The number of hydrogen-bond acceptors (Lipinski definition) is 5. The molecule has 10 heteroatoms.